The van der Waals surface area contributed by atoms with Crippen LogP contribution in [0.4, 0.5) is 5.69 Å². The maximum Gasteiger partial charge on any atom is 0.241 e. The van der Waals surface area contributed by atoms with Crippen molar-refractivity contribution in [2.24, 2.45) is 0 Å². The number of hydrogen-bond donors (Lipinski definition) is 1. The van der Waals surface area contributed by atoms with Gasteiger partial charge < -0.3 is 5.32 Å². The summed E-state index contributed by atoms with van der Waals surface area (Å²) in [6.07, 6.45) is 5.46. The molecule has 1 aliphatic heterocycles. The smallest absolute Gasteiger partial charge is 0.241 e. The summed E-state index contributed by atoms with van der Waals surface area (Å²) < 4.78 is 0. The first kappa shape index (κ1) is 17.7. The lowest BCUT2D eigenvalue weighted by atomic mass is 10.1. The van der Waals surface area contributed by atoms with E-state index in [0.717, 1.165) is 43.5 Å². The molecule has 0 aromatic heterocycles. The molecule has 2 aliphatic rings. The third-order valence-electron chi connectivity index (χ3n) is 5.64. The van der Waals surface area contributed by atoms with Gasteiger partial charge in [0.05, 0.1) is 6.04 Å². The highest BCUT2D eigenvalue weighted by Crippen LogP contribution is 2.25. The minimum Gasteiger partial charge on any atom is -0.324 e. The Kier molecular flexibility index (Phi) is 5.80. The predicted octanol–water partition coefficient (Wildman–Crippen LogP) is 3.54. The second-order valence-electron chi connectivity index (χ2n) is 7.09. The van der Waals surface area contributed by atoms with Crippen LogP contribution in [0.25, 0.3) is 0 Å². The zero-order chi connectivity index (χ0) is 17.1. The molecule has 2 fully saturated rings. The van der Waals surface area contributed by atoms with Crippen LogP contribution in [0.5, 0.6) is 0 Å². The number of carbonyl (C=O) groups is 1. The molecule has 132 valence electrons. The van der Waals surface area contributed by atoms with Crippen LogP contribution in [0.1, 0.15) is 38.2 Å². The largest absolute Gasteiger partial charge is 0.324 e. The molecule has 1 unspecified atom stereocenters. The molecular weight excluding hydrogens is 322 g/mol. The molecule has 1 amide bonds. The Morgan fingerprint density at radius 1 is 1.21 bits per heavy atom. The average Bonchev–Trinajstić information content (AvgIpc) is 3.13. The minimum atomic E-state index is -0.117. The Morgan fingerprint density at radius 2 is 1.88 bits per heavy atom. The van der Waals surface area contributed by atoms with E-state index < -0.39 is 0 Å². The molecule has 1 saturated heterocycles. The van der Waals surface area contributed by atoms with Crippen molar-refractivity contribution >= 4 is 23.2 Å². The van der Waals surface area contributed by atoms with Crippen LogP contribution in [0.15, 0.2) is 18.2 Å². The number of hydrogen-bond acceptors (Lipinski definition) is 3. The van der Waals surface area contributed by atoms with Crippen molar-refractivity contribution in [3.63, 3.8) is 0 Å². The van der Waals surface area contributed by atoms with Crippen LogP contribution < -0.4 is 5.32 Å². The van der Waals surface area contributed by atoms with Crippen molar-refractivity contribution in [3.8, 4) is 0 Å². The normalized spacial score (nSPS) is 21.8. The van der Waals surface area contributed by atoms with Gasteiger partial charge in [-0.15, -0.1) is 0 Å². The van der Waals surface area contributed by atoms with Crippen molar-refractivity contribution in [1.29, 1.82) is 0 Å². The van der Waals surface area contributed by atoms with Crippen molar-refractivity contribution in [2.75, 3.05) is 31.5 Å². The average molecular weight is 350 g/mol. The van der Waals surface area contributed by atoms with Crippen LogP contribution in [0.2, 0.25) is 5.02 Å². The van der Waals surface area contributed by atoms with E-state index in [0.29, 0.717) is 5.02 Å². The second-order valence-corrected chi connectivity index (χ2v) is 7.50. The Hall–Kier alpha value is -1.10. The lowest BCUT2D eigenvalue weighted by Gasteiger charge is -2.40. The summed E-state index contributed by atoms with van der Waals surface area (Å²) in [5, 5.41) is 3.72. The Labute approximate surface area is 150 Å². The van der Waals surface area contributed by atoms with E-state index in [1.807, 2.05) is 32.0 Å². The second kappa shape index (κ2) is 7.85. The van der Waals surface area contributed by atoms with Gasteiger partial charge in [-0.05, 0) is 44.4 Å². The monoisotopic (exact) mass is 349 g/mol. The first-order valence-corrected chi connectivity index (χ1v) is 9.48. The molecule has 1 aromatic carbocycles. The van der Waals surface area contributed by atoms with Crippen LogP contribution in [-0.2, 0) is 4.79 Å². The van der Waals surface area contributed by atoms with Gasteiger partial charge in [-0.2, -0.15) is 0 Å². The number of anilines is 1. The number of benzene rings is 1. The fourth-order valence-electron chi connectivity index (χ4n) is 3.91. The van der Waals surface area contributed by atoms with E-state index in [-0.39, 0.29) is 11.9 Å². The molecule has 1 aliphatic carbocycles. The highest BCUT2D eigenvalue weighted by Gasteiger charge is 2.29. The van der Waals surface area contributed by atoms with Crippen molar-refractivity contribution in [3.05, 3.63) is 28.8 Å². The predicted molar refractivity (Wildman–Crippen MR) is 99.7 cm³/mol. The van der Waals surface area contributed by atoms with Crippen LogP contribution in [0, 0.1) is 6.92 Å². The van der Waals surface area contributed by atoms with Crippen molar-refractivity contribution in [1.82, 2.24) is 9.80 Å². The quantitative estimate of drug-likeness (QED) is 0.903. The maximum atomic E-state index is 12.6. The molecule has 3 rings (SSSR count). The molecule has 24 heavy (non-hydrogen) atoms. The van der Waals surface area contributed by atoms with E-state index >= 15 is 0 Å². The number of amides is 1. The molecule has 1 heterocycles. The third kappa shape index (κ3) is 3.93. The van der Waals surface area contributed by atoms with Crippen molar-refractivity contribution < 1.29 is 4.79 Å². The highest BCUT2D eigenvalue weighted by molar-refractivity contribution is 6.31. The molecule has 1 N–H and O–H groups in total. The number of rotatable bonds is 4. The Bertz CT molecular complexity index is 578. The van der Waals surface area contributed by atoms with E-state index in [1.165, 1.54) is 25.7 Å². The van der Waals surface area contributed by atoms with E-state index in [4.69, 9.17) is 11.6 Å². The molecule has 1 aromatic rings. The fraction of sp³-hybridized carbons (Fsp3) is 0.632. The highest BCUT2D eigenvalue weighted by atomic mass is 35.5. The number of halogens is 1. The van der Waals surface area contributed by atoms with Gasteiger partial charge in [0.1, 0.15) is 0 Å². The van der Waals surface area contributed by atoms with Crippen LogP contribution in [-0.4, -0.2) is 54.0 Å². The summed E-state index contributed by atoms with van der Waals surface area (Å²) in [7, 11) is 0. The van der Waals surface area contributed by atoms with Gasteiger partial charge in [-0.3, -0.25) is 14.6 Å². The standard InChI is InChI=1S/C19H28ClN3O/c1-14-17(20)8-5-9-18(14)21-19(24)15(2)22-10-12-23(13-11-22)16-6-3-4-7-16/h5,8-9,15-16H,3-4,6-7,10-13H2,1-2H3,(H,21,24). The number of nitrogens with zero attached hydrogens (tertiary/aromatic N) is 2. The molecule has 0 spiro atoms. The van der Waals surface area contributed by atoms with Gasteiger partial charge in [0, 0.05) is 42.9 Å². The zero-order valence-electron chi connectivity index (χ0n) is 14.7. The zero-order valence-corrected chi connectivity index (χ0v) is 15.5. The van der Waals surface area contributed by atoms with Gasteiger partial charge in [-0.25, -0.2) is 0 Å². The molecule has 1 saturated carbocycles. The summed E-state index contributed by atoms with van der Waals surface area (Å²) in [5.74, 6) is 0.0506. The fourth-order valence-corrected chi connectivity index (χ4v) is 4.08. The first-order valence-electron chi connectivity index (χ1n) is 9.10. The van der Waals surface area contributed by atoms with Gasteiger partial charge in [0.2, 0.25) is 5.91 Å². The Balaban J connectivity index is 1.53. The first-order chi connectivity index (χ1) is 11.6. The molecule has 0 radical (unpaired) electrons. The summed E-state index contributed by atoms with van der Waals surface area (Å²) in [5.41, 5.74) is 1.73. The summed E-state index contributed by atoms with van der Waals surface area (Å²) in [4.78, 5) is 17.5. The molecular formula is C19H28ClN3O. The Morgan fingerprint density at radius 3 is 2.54 bits per heavy atom. The molecule has 4 nitrogen and oxygen atoms in total. The summed E-state index contributed by atoms with van der Waals surface area (Å²) in [6, 6.07) is 6.29. The van der Waals surface area contributed by atoms with Gasteiger partial charge in [0.25, 0.3) is 0 Å². The third-order valence-corrected chi connectivity index (χ3v) is 6.05. The lowest BCUT2D eigenvalue weighted by Crippen LogP contribution is -2.54. The SMILES string of the molecule is Cc1c(Cl)cccc1NC(=O)C(C)N1CCN(C2CCCC2)CC1. The number of carbonyl (C=O) groups excluding carboxylic acids is 1. The molecule has 0 bridgehead atoms. The maximum absolute atomic E-state index is 12.6. The summed E-state index contributed by atoms with van der Waals surface area (Å²) >= 11 is 6.14. The van der Waals surface area contributed by atoms with Crippen LogP contribution in [0.3, 0.4) is 0 Å². The van der Waals surface area contributed by atoms with Gasteiger partial charge >= 0.3 is 0 Å². The topological polar surface area (TPSA) is 35.6 Å². The van der Waals surface area contributed by atoms with Crippen molar-refractivity contribution in [2.45, 2.75) is 51.6 Å². The number of piperazine rings is 1. The minimum absolute atomic E-state index is 0.0506. The lowest BCUT2D eigenvalue weighted by molar-refractivity contribution is -0.121. The van der Waals surface area contributed by atoms with Gasteiger partial charge in [-0.1, -0.05) is 30.5 Å². The van der Waals surface area contributed by atoms with E-state index in [1.54, 1.807) is 0 Å². The molecule has 1 atom stereocenters. The van der Waals surface area contributed by atoms with E-state index in [9.17, 15) is 4.79 Å². The van der Waals surface area contributed by atoms with Crippen LogP contribution >= 0.6 is 11.6 Å². The molecule has 5 heteroatoms. The van der Waals surface area contributed by atoms with Gasteiger partial charge in [0.15, 0.2) is 0 Å². The van der Waals surface area contributed by atoms with E-state index in [2.05, 4.69) is 15.1 Å². The number of nitrogens with one attached hydrogen (secondary N) is 1. The summed E-state index contributed by atoms with van der Waals surface area (Å²) in [6.45, 7) is 8.04.